The van der Waals surface area contributed by atoms with Gasteiger partial charge >= 0.3 is 5.63 Å². The lowest BCUT2D eigenvalue weighted by Gasteiger charge is -2.40. The van der Waals surface area contributed by atoms with Gasteiger partial charge in [0, 0.05) is 47.2 Å². The molecule has 1 aliphatic heterocycles. The highest BCUT2D eigenvalue weighted by Gasteiger charge is 2.51. The highest BCUT2D eigenvalue weighted by Crippen LogP contribution is 2.51. The van der Waals surface area contributed by atoms with Gasteiger partial charge in [-0.3, -0.25) is 9.59 Å². The fourth-order valence-corrected chi connectivity index (χ4v) is 6.88. The number of methoxy groups -OCH3 is 1. The highest BCUT2D eigenvalue weighted by molar-refractivity contribution is 5.98. The van der Waals surface area contributed by atoms with E-state index in [-0.39, 0.29) is 37.4 Å². The van der Waals surface area contributed by atoms with Gasteiger partial charge in [0.05, 0.1) is 32.3 Å². The summed E-state index contributed by atoms with van der Waals surface area (Å²) in [4.78, 5) is 46.2. The molecule has 0 fully saturated rings. The van der Waals surface area contributed by atoms with Crippen LogP contribution in [0.15, 0.2) is 93.7 Å². The number of rotatable bonds is 10. The number of nitrogens with one attached hydrogen (secondary N) is 2. The molecule has 2 aromatic heterocycles. The summed E-state index contributed by atoms with van der Waals surface area (Å²) in [6.45, 7) is -0.590. The normalized spacial score (nSPS) is 19.6. The van der Waals surface area contributed by atoms with Gasteiger partial charge in [0.15, 0.2) is 11.5 Å². The largest absolute Gasteiger partial charge is 0.493 e. The average molecular weight is 666 g/mol. The number of aliphatic hydroxyl groups is 3. The van der Waals surface area contributed by atoms with Gasteiger partial charge in [-0.1, -0.05) is 36.4 Å². The molecule has 252 valence electrons. The molecular formula is C37H35N3O9. The van der Waals surface area contributed by atoms with Crippen LogP contribution in [-0.4, -0.2) is 82.1 Å². The Bertz CT molecular complexity index is 2120. The molecule has 5 aromatic rings. The fourth-order valence-electron chi connectivity index (χ4n) is 6.88. The van der Waals surface area contributed by atoms with Crippen LogP contribution in [0.1, 0.15) is 33.1 Å². The predicted molar refractivity (Wildman–Crippen MR) is 180 cm³/mol. The molecule has 0 unspecified atom stereocenters. The van der Waals surface area contributed by atoms with Crippen LogP contribution in [0.3, 0.4) is 0 Å². The van der Waals surface area contributed by atoms with Gasteiger partial charge in [0.1, 0.15) is 23.4 Å². The molecule has 0 bridgehead atoms. The van der Waals surface area contributed by atoms with Crippen molar-refractivity contribution in [2.24, 2.45) is 0 Å². The number of carbonyl (C=O) groups is 2. The number of fused-ring (bicyclic) bond motifs is 5. The third kappa shape index (κ3) is 5.84. The number of benzene rings is 3. The Labute approximate surface area is 280 Å². The van der Waals surface area contributed by atoms with E-state index < -0.39 is 41.6 Å². The van der Waals surface area contributed by atoms with Crippen LogP contribution in [0.5, 0.6) is 11.5 Å². The Kier molecular flexibility index (Phi) is 8.68. The summed E-state index contributed by atoms with van der Waals surface area (Å²) in [7, 11) is 1.45. The molecule has 49 heavy (non-hydrogen) atoms. The molecule has 3 aromatic carbocycles. The van der Waals surface area contributed by atoms with Crippen LogP contribution in [-0.2, 0) is 17.8 Å². The average Bonchev–Trinajstić information content (AvgIpc) is 3.72. The molecule has 12 nitrogen and oxygen atoms in total. The minimum Gasteiger partial charge on any atom is -0.493 e. The second-order valence-corrected chi connectivity index (χ2v) is 12.1. The molecule has 2 aliphatic rings. The van der Waals surface area contributed by atoms with Gasteiger partial charge in [-0.15, -0.1) is 0 Å². The molecule has 2 amide bonds. The van der Waals surface area contributed by atoms with Crippen molar-refractivity contribution in [2.75, 3.05) is 26.8 Å². The highest BCUT2D eigenvalue weighted by atomic mass is 16.5. The number of aromatic nitrogens is 1. The van der Waals surface area contributed by atoms with Gasteiger partial charge in [-0.05, 0) is 53.4 Å². The van der Waals surface area contributed by atoms with Crippen molar-refractivity contribution in [1.29, 1.82) is 0 Å². The fraction of sp³-hybridized carbons (Fsp3) is 0.270. The van der Waals surface area contributed by atoms with E-state index in [2.05, 4.69) is 10.3 Å². The van der Waals surface area contributed by atoms with Crippen molar-refractivity contribution in [3.63, 3.8) is 0 Å². The van der Waals surface area contributed by atoms with E-state index >= 15 is 0 Å². The van der Waals surface area contributed by atoms with E-state index in [4.69, 9.17) is 13.9 Å². The first kappa shape index (κ1) is 32.1. The van der Waals surface area contributed by atoms with E-state index in [0.29, 0.717) is 40.0 Å². The van der Waals surface area contributed by atoms with Crippen LogP contribution < -0.4 is 20.4 Å². The minimum absolute atomic E-state index is 0.0321. The first-order valence-corrected chi connectivity index (χ1v) is 16.0. The Morgan fingerprint density at radius 3 is 2.55 bits per heavy atom. The first-order chi connectivity index (χ1) is 23.8. The second-order valence-electron chi connectivity index (χ2n) is 12.1. The van der Waals surface area contributed by atoms with Gasteiger partial charge < -0.3 is 44.4 Å². The summed E-state index contributed by atoms with van der Waals surface area (Å²) in [6, 6.07) is 20.2. The molecule has 0 saturated carbocycles. The van der Waals surface area contributed by atoms with E-state index in [0.717, 1.165) is 16.6 Å². The lowest BCUT2D eigenvalue weighted by Crippen LogP contribution is -2.56. The summed E-state index contributed by atoms with van der Waals surface area (Å²) in [6.07, 6.45) is -0.557. The smallest absolute Gasteiger partial charge is 0.349 e. The first-order valence-electron chi connectivity index (χ1n) is 16.0. The molecule has 5 N–H and O–H groups in total. The second kappa shape index (κ2) is 13.2. The molecule has 3 heterocycles. The molecule has 0 spiro atoms. The number of amides is 2. The number of aliphatic hydroxyl groups excluding tert-OH is 3. The molecular weight excluding hydrogens is 630 g/mol. The van der Waals surface area contributed by atoms with Crippen LogP contribution in [0.4, 0.5) is 0 Å². The van der Waals surface area contributed by atoms with E-state index in [9.17, 15) is 29.7 Å². The van der Waals surface area contributed by atoms with Crippen LogP contribution in [0.25, 0.3) is 21.9 Å². The summed E-state index contributed by atoms with van der Waals surface area (Å²) < 4.78 is 17.4. The van der Waals surface area contributed by atoms with Crippen LogP contribution >= 0.6 is 0 Å². The molecule has 0 saturated heterocycles. The zero-order valence-corrected chi connectivity index (χ0v) is 26.6. The zero-order chi connectivity index (χ0) is 34.2. The monoisotopic (exact) mass is 665 g/mol. The Balaban J connectivity index is 1.34. The third-order valence-electron chi connectivity index (χ3n) is 9.20. The summed E-state index contributed by atoms with van der Waals surface area (Å²) >= 11 is 0. The number of nitrogens with zero attached hydrogens (tertiary/aromatic N) is 1. The van der Waals surface area contributed by atoms with Crippen LogP contribution in [0, 0.1) is 0 Å². The van der Waals surface area contributed by atoms with Gasteiger partial charge in [-0.2, -0.15) is 0 Å². The summed E-state index contributed by atoms with van der Waals surface area (Å²) in [5.41, 5.74) is 2.24. The molecule has 7 rings (SSSR count). The number of aromatic amines is 1. The molecule has 1 aliphatic carbocycles. The maximum Gasteiger partial charge on any atom is 0.349 e. The van der Waals surface area contributed by atoms with Gasteiger partial charge in [0.25, 0.3) is 5.91 Å². The Hall–Kier alpha value is -5.43. The maximum atomic E-state index is 14.5. The topological polar surface area (TPSA) is 175 Å². The molecule has 4 atom stereocenters. The minimum atomic E-state index is -1.37. The van der Waals surface area contributed by atoms with Crippen molar-refractivity contribution in [2.45, 2.75) is 37.2 Å². The maximum absolute atomic E-state index is 14.5. The molecule has 0 radical (unpaired) electrons. The Morgan fingerprint density at radius 2 is 1.80 bits per heavy atom. The lowest BCUT2D eigenvalue weighted by molar-refractivity contribution is -0.118. The number of para-hydroxylation sites is 2. The number of H-pyrrole nitrogens is 1. The van der Waals surface area contributed by atoms with Crippen molar-refractivity contribution < 1.29 is 38.8 Å². The molecule has 12 heteroatoms. The zero-order valence-electron chi connectivity index (χ0n) is 26.6. The van der Waals surface area contributed by atoms with Crippen molar-refractivity contribution in [3.8, 4) is 11.5 Å². The predicted octanol–water partition coefficient (Wildman–Crippen LogP) is 2.78. The summed E-state index contributed by atoms with van der Waals surface area (Å²) in [5, 5.41) is 35.7. The quantitative estimate of drug-likeness (QED) is 0.141. The van der Waals surface area contributed by atoms with Crippen molar-refractivity contribution >= 4 is 33.7 Å². The number of carbonyl (C=O) groups excluding carboxylic acids is 2. The lowest BCUT2D eigenvalue weighted by atomic mass is 9.77. The standard InChI is InChI=1S/C37H35N3O9/c1-47-30-15-20(19-42)14-24-31-25(35(44)38-11-13-41)18-28(32(43)34(31)49-33(24)30)40(12-10-23-16-21-6-2-4-8-27(21)39-23)36(45)26-17-22-7-3-5-9-29(22)48-37(26)46/h2-9,14-18,28,31-32,34,39,41-43H,10-13,19H2,1H3,(H,38,44)/t28-,31+,32+,34+/m1/s1. The SMILES string of the molecule is COc1cc(CO)cc2c1O[C@@H]1[C@@H](O)[C@H](N(CCc3cc4ccccc4[nH]3)C(=O)c3cc4ccccc4oc3=O)C=C(C(=O)NCCO)[C@H]21. The van der Waals surface area contributed by atoms with Gasteiger partial charge in [0.2, 0.25) is 5.91 Å². The summed E-state index contributed by atoms with van der Waals surface area (Å²) in [5.74, 6) is -1.40. The number of hydrogen-bond donors (Lipinski definition) is 5. The van der Waals surface area contributed by atoms with E-state index in [1.165, 1.54) is 24.2 Å². The van der Waals surface area contributed by atoms with E-state index in [1.54, 1.807) is 36.4 Å². The van der Waals surface area contributed by atoms with E-state index in [1.807, 2.05) is 30.3 Å². The van der Waals surface area contributed by atoms with Crippen molar-refractivity contribution in [3.05, 3.63) is 117 Å². The van der Waals surface area contributed by atoms with Crippen molar-refractivity contribution in [1.82, 2.24) is 15.2 Å². The number of hydrogen-bond acceptors (Lipinski definition) is 9. The third-order valence-corrected chi connectivity index (χ3v) is 9.20. The Morgan fingerprint density at radius 1 is 1.02 bits per heavy atom. The van der Waals surface area contributed by atoms with Crippen LogP contribution in [0.2, 0.25) is 0 Å². The number of ether oxygens (including phenoxy) is 2. The van der Waals surface area contributed by atoms with Gasteiger partial charge in [-0.25, -0.2) is 4.79 Å².